The lowest BCUT2D eigenvalue weighted by Gasteiger charge is -2.40. The molecule has 1 aromatic rings. The van der Waals surface area contributed by atoms with E-state index >= 15 is 0 Å². The summed E-state index contributed by atoms with van der Waals surface area (Å²) in [5.41, 5.74) is 7.04. The van der Waals surface area contributed by atoms with E-state index < -0.39 is 5.60 Å². The van der Waals surface area contributed by atoms with Crippen molar-refractivity contribution < 1.29 is 14.3 Å². The predicted molar refractivity (Wildman–Crippen MR) is 90.0 cm³/mol. The molecule has 2 N–H and O–H groups in total. The van der Waals surface area contributed by atoms with Crippen LogP contribution in [-0.2, 0) is 4.74 Å². The smallest absolute Gasteiger partial charge is 0.410 e. The number of hydrogen-bond acceptors (Lipinski definition) is 6. The molecule has 1 fully saturated rings. The van der Waals surface area contributed by atoms with Gasteiger partial charge in [0.2, 0.25) is 0 Å². The van der Waals surface area contributed by atoms with Crippen molar-refractivity contribution in [2.75, 3.05) is 36.9 Å². The van der Waals surface area contributed by atoms with Crippen molar-refractivity contribution >= 4 is 17.5 Å². The fourth-order valence-electron chi connectivity index (χ4n) is 3.01. The number of hydrogen-bond donors (Lipinski definition) is 1. The molecule has 0 unspecified atom stereocenters. The van der Waals surface area contributed by atoms with E-state index in [4.69, 9.17) is 15.2 Å². The standard InChI is InChI=1S/C17H22N4O3/c1-17(2,3)24-16(22)21-5-4-20-9-12(21)10-23-15-7-13(19)11(8-18)6-14(15)20/h6-7,12H,4-5,9-10,19H2,1-3H3/t12-/m0/s1. The number of nitrogens with zero attached hydrogens (tertiary/aromatic N) is 3. The number of anilines is 2. The molecule has 0 saturated carbocycles. The van der Waals surface area contributed by atoms with Crippen molar-refractivity contribution in [1.82, 2.24) is 4.90 Å². The molecule has 128 valence electrons. The Morgan fingerprint density at radius 2 is 2.17 bits per heavy atom. The van der Waals surface area contributed by atoms with Gasteiger partial charge in [-0.2, -0.15) is 5.26 Å². The minimum Gasteiger partial charge on any atom is -0.489 e. The second-order valence-electron chi connectivity index (χ2n) is 7.10. The van der Waals surface area contributed by atoms with Crippen molar-refractivity contribution in [2.24, 2.45) is 0 Å². The monoisotopic (exact) mass is 330 g/mol. The first-order valence-electron chi connectivity index (χ1n) is 7.99. The van der Waals surface area contributed by atoms with E-state index in [0.717, 1.165) is 5.69 Å². The molecule has 7 nitrogen and oxygen atoms in total. The summed E-state index contributed by atoms with van der Waals surface area (Å²) in [6.07, 6.45) is -0.320. The van der Waals surface area contributed by atoms with Crippen molar-refractivity contribution in [3.05, 3.63) is 17.7 Å². The van der Waals surface area contributed by atoms with E-state index in [1.54, 1.807) is 17.0 Å². The van der Waals surface area contributed by atoms with Crippen LogP contribution in [0.25, 0.3) is 0 Å². The lowest BCUT2D eigenvalue weighted by molar-refractivity contribution is 0.00975. The number of carbonyl (C=O) groups excluding carboxylic acids is 1. The third-order valence-electron chi connectivity index (χ3n) is 4.13. The lowest BCUT2D eigenvalue weighted by Crippen LogP contribution is -2.57. The van der Waals surface area contributed by atoms with Crippen LogP contribution >= 0.6 is 0 Å². The third-order valence-corrected chi connectivity index (χ3v) is 4.13. The van der Waals surface area contributed by atoms with Gasteiger partial charge >= 0.3 is 6.09 Å². The molecule has 0 aliphatic carbocycles. The number of nitriles is 1. The highest BCUT2D eigenvalue weighted by atomic mass is 16.6. The Labute approximate surface area is 141 Å². The Morgan fingerprint density at radius 1 is 1.42 bits per heavy atom. The number of carbonyl (C=O) groups is 1. The fourth-order valence-corrected chi connectivity index (χ4v) is 3.01. The lowest BCUT2D eigenvalue weighted by atomic mass is 10.1. The summed E-state index contributed by atoms with van der Waals surface area (Å²) in [5.74, 6) is 0.653. The molecule has 7 heteroatoms. The van der Waals surface area contributed by atoms with Gasteiger partial charge in [0, 0.05) is 25.7 Å². The first-order valence-corrected chi connectivity index (χ1v) is 7.99. The van der Waals surface area contributed by atoms with Crippen LogP contribution in [0.15, 0.2) is 12.1 Å². The molecule has 24 heavy (non-hydrogen) atoms. The van der Waals surface area contributed by atoms with Crippen LogP contribution in [-0.4, -0.2) is 48.9 Å². The average Bonchev–Trinajstić information content (AvgIpc) is 2.62. The molecule has 3 rings (SSSR count). The molecule has 1 atom stereocenters. The molecule has 2 heterocycles. The van der Waals surface area contributed by atoms with Gasteiger partial charge in [-0.1, -0.05) is 0 Å². The Hall–Kier alpha value is -2.62. The molecule has 0 aromatic heterocycles. The van der Waals surface area contributed by atoms with Crippen LogP contribution in [0.3, 0.4) is 0 Å². The molecule has 0 radical (unpaired) electrons. The zero-order valence-corrected chi connectivity index (χ0v) is 14.2. The van der Waals surface area contributed by atoms with Gasteiger partial charge in [-0.25, -0.2) is 4.79 Å². The summed E-state index contributed by atoms with van der Waals surface area (Å²) < 4.78 is 11.4. The van der Waals surface area contributed by atoms with Gasteiger partial charge in [0.1, 0.15) is 24.0 Å². The Kier molecular flexibility index (Phi) is 3.91. The van der Waals surface area contributed by atoms with Crippen molar-refractivity contribution in [3.63, 3.8) is 0 Å². The summed E-state index contributed by atoms with van der Waals surface area (Å²) in [7, 11) is 0. The second-order valence-corrected chi connectivity index (χ2v) is 7.10. The zero-order valence-electron chi connectivity index (χ0n) is 14.2. The zero-order chi connectivity index (χ0) is 17.5. The highest BCUT2D eigenvalue weighted by Crippen LogP contribution is 2.36. The maximum Gasteiger partial charge on any atom is 0.410 e. The fraction of sp³-hybridized carbons (Fsp3) is 0.529. The largest absolute Gasteiger partial charge is 0.489 e. The van der Waals surface area contributed by atoms with Gasteiger partial charge in [0.15, 0.2) is 0 Å². The predicted octanol–water partition coefficient (Wildman–Crippen LogP) is 1.96. The molecule has 1 saturated heterocycles. The summed E-state index contributed by atoms with van der Waals surface area (Å²) in [6.45, 7) is 7.77. The van der Waals surface area contributed by atoms with E-state index in [1.807, 2.05) is 20.8 Å². The van der Waals surface area contributed by atoms with E-state index in [-0.39, 0.29) is 12.1 Å². The number of amides is 1. The van der Waals surface area contributed by atoms with Gasteiger partial charge in [0.05, 0.1) is 23.0 Å². The summed E-state index contributed by atoms with van der Waals surface area (Å²) >= 11 is 0. The number of rotatable bonds is 0. The normalized spacial score (nSPS) is 19.7. The van der Waals surface area contributed by atoms with Crippen LogP contribution in [0.5, 0.6) is 5.75 Å². The molecule has 2 bridgehead atoms. The third kappa shape index (κ3) is 3.04. The SMILES string of the molecule is CC(C)(C)OC(=O)N1CCN2C[C@H]1COc1cc(N)c(C#N)cc12. The van der Waals surface area contributed by atoms with Gasteiger partial charge in [-0.3, -0.25) is 4.90 Å². The minimum absolute atomic E-state index is 0.104. The van der Waals surface area contributed by atoms with Gasteiger partial charge in [-0.05, 0) is 26.8 Å². The molecule has 1 aromatic carbocycles. The Bertz CT molecular complexity index is 705. The number of fused-ring (bicyclic) bond motifs is 4. The van der Waals surface area contributed by atoms with Crippen LogP contribution in [0.1, 0.15) is 26.3 Å². The van der Waals surface area contributed by atoms with Crippen LogP contribution < -0.4 is 15.4 Å². The number of piperazine rings is 1. The van der Waals surface area contributed by atoms with Crippen molar-refractivity contribution in [3.8, 4) is 11.8 Å². The molecular weight excluding hydrogens is 308 g/mol. The van der Waals surface area contributed by atoms with E-state index in [0.29, 0.717) is 43.2 Å². The Balaban J connectivity index is 1.83. The molecular formula is C17H22N4O3. The van der Waals surface area contributed by atoms with E-state index in [1.165, 1.54) is 0 Å². The summed E-state index contributed by atoms with van der Waals surface area (Å²) in [5, 5.41) is 9.18. The minimum atomic E-state index is -0.529. The van der Waals surface area contributed by atoms with Gasteiger partial charge in [0.25, 0.3) is 0 Å². The maximum absolute atomic E-state index is 12.4. The second kappa shape index (κ2) is 5.78. The molecule has 2 aliphatic rings. The number of benzene rings is 1. The summed E-state index contributed by atoms with van der Waals surface area (Å²) in [4.78, 5) is 16.3. The van der Waals surface area contributed by atoms with Crippen molar-refractivity contribution in [1.29, 1.82) is 5.26 Å². The van der Waals surface area contributed by atoms with E-state index in [9.17, 15) is 10.1 Å². The van der Waals surface area contributed by atoms with Gasteiger partial charge in [-0.15, -0.1) is 0 Å². The highest BCUT2D eigenvalue weighted by molar-refractivity contribution is 5.73. The average molecular weight is 330 g/mol. The topological polar surface area (TPSA) is 91.8 Å². The van der Waals surface area contributed by atoms with Crippen LogP contribution in [0.4, 0.5) is 16.2 Å². The van der Waals surface area contributed by atoms with Crippen molar-refractivity contribution in [2.45, 2.75) is 32.4 Å². The first kappa shape index (κ1) is 16.2. The Morgan fingerprint density at radius 3 is 2.83 bits per heavy atom. The van der Waals surface area contributed by atoms with E-state index in [2.05, 4.69) is 11.0 Å². The quantitative estimate of drug-likeness (QED) is 0.731. The number of nitrogen functional groups attached to an aromatic ring is 1. The number of ether oxygens (including phenoxy) is 2. The highest BCUT2D eigenvalue weighted by Gasteiger charge is 2.36. The maximum atomic E-state index is 12.4. The molecule has 2 aliphatic heterocycles. The molecule has 1 amide bonds. The van der Waals surface area contributed by atoms with Crippen LogP contribution in [0.2, 0.25) is 0 Å². The van der Waals surface area contributed by atoms with Gasteiger partial charge < -0.3 is 20.1 Å². The first-order chi connectivity index (χ1) is 11.3. The van der Waals surface area contributed by atoms with Crippen LogP contribution in [0, 0.1) is 11.3 Å². The molecule has 0 spiro atoms. The number of nitrogens with two attached hydrogens (primary N) is 1. The summed E-state index contributed by atoms with van der Waals surface area (Å²) in [6, 6.07) is 5.44.